The summed E-state index contributed by atoms with van der Waals surface area (Å²) in [5.41, 5.74) is -0.129. The van der Waals surface area contributed by atoms with E-state index in [9.17, 15) is 14.9 Å². The van der Waals surface area contributed by atoms with Gasteiger partial charge in [-0.1, -0.05) is 19.1 Å². The molecule has 1 aromatic carbocycles. The third kappa shape index (κ3) is 5.39. The Morgan fingerprint density at radius 3 is 2.71 bits per heavy atom. The zero-order valence-electron chi connectivity index (χ0n) is 12.2. The van der Waals surface area contributed by atoms with Gasteiger partial charge in [0.05, 0.1) is 11.5 Å². The van der Waals surface area contributed by atoms with Crippen LogP contribution in [0.2, 0.25) is 0 Å². The van der Waals surface area contributed by atoms with E-state index in [1.165, 1.54) is 12.1 Å². The predicted octanol–water partition coefficient (Wildman–Crippen LogP) is 1.90. The first-order valence-electron chi connectivity index (χ1n) is 6.86. The maximum atomic E-state index is 11.8. The molecule has 0 aliphatic heterocycles. The van der Waals surface area contributed by atoms with Crippen molar-refractivity contribution in [2.45, 2.75) is 26.3 Å². The average Bonchev–Trinajstić information content (AvgIpc) is 2.47. The van der Waals surface area contributed by atoms with Crippen LogP contribution < -0.4 is 10.1 Å². The van der Waals surface area contributed by atoms with Crippen molar-refractivity contribution in [1.82, 2.24) is 5.32 Å². The molecule has 0 aromatic heterocycles. The van der Waals surface area contributed by atoms with E-state index >= 15 is 0 Å². The van der Waals surface area contributed by atoms with Crippen LogP contribution in [0, 0.1) is 10.1 Å². The number of nitro benzene ring substituents is 1. The monoisotopic (exact) mass is 296 g/mol. The summed E-state index contributed by atoms with van der Waals surface area (Å²) in [5.74, 6) is -0.292. The molecule has 1 rings (SSSR count). The first-order chi connectivity index (χ1) is 10.1. The summed E-state index contributed by atoms with van der Waals surface area (Å²) in [6.07, 6.45) is 0.849. The molecule has 0 bridgehead atoms. The number of hydrogen-bond donors (Lipinski definition) is 1. The Labute approximate surface area is 123 Å². The molecule has 0 fully saturated rings. The zero-order chi connectivity index (χ0) is 15.7. The average molecular weight is 296 g/mol. The van der Waals surface area contributed by atoms with Gasteiger partial charge in [0, 0.05) is 6.07 Å². The van der Waals surface area contributed by atoms with E-state index in [0.29, 0.717) is 6.54 Å². The first kappa shape index (κ1) is 16.9. The summed E-state index contributed by atoms with van der Waals surface area (Å²) in [5, 5.41) is 13.9. The van der Waals surface area contributed by atoms with Gasteiger partial charge in [-0.05, 0) is 26.0 Å². The summed E-state index contributed by atoms with van der Waals surface area (Å²) in [7, 11) is 0. The SMILES string of the molecule is CCCNC(COc1ccccc1[N+](=O)[O-])C(=O)OCC. The topological polar surface area (TPSA) is 90.7 Å². The van der Waals surface area contributed by atoms with Gasteiger partial charge in [0.15, 0.2) is 5.75 Å². The van der Waals surface area contributed by atoms with Gasteiger partial charge in [0.25, 0.3) is 0 Å². The second kappa shape index (κ2) is 8.91. The number of hydrogen-bond acceptors (Lipinski definition) is 6. The normalized spacial score (nSPS) is 11.7. The number of esters is 1. The number of ether oxygens (including phenoxy) is 2. The van der Waals surface area contributed by atoms with Crippen LogP contribution in [0.25, 0.3) is 0 Å². The lowest BCUT2D eigenvalue weighted by Crippen LogP contribution is -2.43. The fourth-order valence-corrected chi connectivity index (χ4v) is 1.67. The van der Waals surface area contributed by atoms with Crippen LogP contribution in [0.3, 0.4) is 0 Å². The van der Waals surface area contributed by atoms with E-state index in [-0.39, 0.29) is 24.7 Å². The second-order valence-corrected chi connectivity index (χ2v) is 4.29. The fourth-order valence-electron chi connectivity index (χ4n) is 1.67. The molecule has 116 valence electrons. The van der Waals surface area contributed by atoms with Gasteiger partial charge in [-0.15, -0.1) is 0 Å². The number of carbonyl (C=O) groups excluding carboxylic acids is 1. The van der Waals surface area contributed by atoms with E-state index in [1.54, 1.807) is 19.1 Å². The molecule has 0 spiro atoms. The number of benzene rings is 1. The van der Waals surface area contributed by atoms with Crippen LogP contribution in [0.5, 0.6) is 5.75 Å². The van der Waals surface area contributed by atoms with Crippen molar-refractivity contribution in [2.75, 3.05) is 19.8 Å². The Hall–Kier alpha value is -2.15. The Kier molecular flexibility index (Phi) is 7.17. The highest BCUT2D eigenvalue weighted by molar-refractivity contribution is 5.76. The zero-order valence-corrected chi connectivity index (χ0v) is 12.2. The van der Waals surface area contributed by atoms with Gasteiger partial charge in [0.1, 0.15) is 12.6 Å². The van der Waals surface area contributed by atoms with Crippen LogP contribution in [0.1, 0.15) is 20.3 Å². The van der Waals surface area contributed by atoms with Crippen molar-refractivity contribution >= 4 is 11.7 Å². The number of carbonyl (C=O) groups is 1. The summed E-state index contributed by atoms with van der Waals surface area (Å²) < 4.78 is 10.4. The van der Waals surface area contributed by atoms with Crippen molar-refractivity contribution in [3.8, 4) is 5.75 Å². The minimum atomic E-state index is -0.648. The molecule has 7 heteroatoms. The van der Waals surface area contributed by atoms with Gasteiger partial charge in [-0.3, -0.25) is 14.9 Å². The first-order valence-corrected chi connectivity index (χ1v) is 6.86. The van der Waals surface area contributed by atoms with E-state index in [0.717, 1.165) is 6.42 Å². The van der Waals surface area contributed by atoms with Crippen molar-refractivity contribution in [3.05, 3.63) is 34.4 Å². The third-order valence-corrected chi connectivity index (χ3v) is 2.68. The van der Waals surface area contributed by atoms with E-state index in [4.69, 9.17) is 9.47 Å². The molecular formula is C14H20N2O5. The smallest absolute Gasteiger partial charge is 0.326 e. The van der Waals surface area contributed by atoms with E-state index in [1.807, 2.05) is 6.92 Å². The predicted molar refractivity (Wildman–Crippen MR) is 77.3 cm³/mol. The molecule has 7 nitrogen and oxygen atoms in total. The van der Waals surface area contributed by atoms with Crippen molar-refractivity contribution < 1.29 is 19.2 Å². The number of nitrogens with zero attached hydrogens (tertiary/aromatic N) is 1. The molecule has 1 N–H and O–H groups in total. The number of nitro groups is 1. The summed E-state index contributed by atoms with van der Waals surface area (Å²) in [4.78, 5) is 22.2. The van der Waals surface area contributed by atoms with Gasteiger partial charge >= 0.3 is 11.7 Å². The molecule has 21 heavy (non-hydrogen) atoms. The highest BCUT2D eigenvalue weighted by Crippen LogP contribution is 2.25. The van der Waals surface area contributed by atoms with E-state index < -0.39 is 16.9 Å². The highest BCUT2D eigenvalue weighted by Gasteiger charge is 2.22. The van der Waals surface area contributed by atoms with Crippen LogP contribution in [0.15, 0.2) is 24.3 Å². The number of nitrogens with one attached hydrogen (secondary N) is 1. The van der Waals surface area contributed by atoms with Gasteiger partial charge in [-0.2, -0.15) is 0 Å². The quantitative estimate of drug-likeness (QED) is 0.425. The van der Waals surface area contributed by atoms with E-state index in [2.05, 4.69) is 5.32 Å². The number of para-hydroxylation sites is 2. The van der Waals surface area contributed by atoms with Gasteiger partial charge in [-0.25, -0.2) is 0 Å². The van der Waals surface area contributed by atoms with Crippen molar-refractivity contribution in [2.24, 2.45) is 0 Å². The molecule has 0 aliphatic rings. The molecule has 0 radical (unpaired) electrons. The van der Waals surface area contributed by atoms with Crippen LogP contribution in [-0.2, 0) is 9.53 Å². The maximum Gasteiger partial charge on any atom is 0.326 e. The summed E-state index contributed by atoms with van der Waals surface area (Å²) in [6, 6.07) is 5.41. The third-order valence-electron chi connectivity index (χ3n) is 2.68. The van der Waals surface area contributed by atoms with Gasteiger partial charge in [0.2, 0.25) is 0 Å². The Morgan fingerprint density at radius 1 is 1.38 bits per heavy atom. The Balaban J connectivity index is 2.72. The molecule has 0 saturated carbocycles. The molecule has 0 amide bonds. The lowest BCUT2D eigenvalue weighted by atomic mass is 10.2. The minimum absolute atomic E-state index is 0.0241. The summed E-state index contributed by atoms with van der Waals surface area (Å²) >= 11 is 0. The lowest BCUT2D eigenvalue weighted by molar-refractivity contribution is -0.385. The van der Waals surface area contributed by atoms with Crippen molar-refractivity contribution in [1.29, 1.82) is 0 Å². The van der Waals surface area contributed by atoms with Crippen LogP contribution in [0.4, 0.5) is 5.69 Å². The molecule has 1 atom stereocenters. The molecule has 1 aromatic rings. The molecule has 0 saturated heterocycles. The largest absolute Gasteiger partial charge is 0.485 e. The van der Waals surface area contributed by atoms with Crippen molar-refractivity contribution in [3.63, 3.8) is 0 Å². The molecule has 1 unspecified atom stereocenters. The Bertz CT molecular complexity index is 478. The van der Waals surface area contributed by atoms with Gasteiger partial charge < -0.3 is 14.8 Å². The standard InChI is InChI=1S/C14H20N2O5/c1-3-9-15-11(14(17)20-4-2)10-21-13-8-6-5-7-12(13)16(18)19/h5-8,11,15H,3-4,9-10H2,1-2H3. The molecular weight excluding hydrogens is 276 g/mol. The minimum Gasteiger partial charge on any atom is -0.485 e. The lowest BCUT2D eigenvalue weighted by Gasteiger charge is -2.17. The second-order valence-electron chi connectivity index (χ2n) is 4.29. The van der Waals surface area contributed by atoms with Crippen LogP contribution >= 0.6 is 0 Å². The fraction of sp³-hybridized carbons (Fsp3) is 0.500. The number of rotatable bonds is 9. The summed E-state index contributed by atoms with van der Waals surface area (Å²) in [6.45, 7) is 4.57. The highest BCUT2D eigenvalue weighted by atomic mass is 16.6. The van der Waals surface area contributed by atoms with Crippen LogP contribution in [-0.4, -0.2) is 36.7 Å². The molecule has 0 heterocycles. The maximum absolute atomic E-state index is 11.8. The molecule has 0 aliphatic carbocycles. The Morgan fingerprint density at radius 2 is 2.10 bits per heavy atom.